The average molecular weight is 161 g/mol. The van der Waals surface area contributed by atoms with Gasteiger partial charge in [0, 0.05) is 6.54 Å². The highest BCUT2D eigenvalue weighted by Gasteiger charge is 1.93. The van der Waals surface area contributed by atoms with Gasteiger partial charge in [0.15, 0.2) is 0 Å². The molecule has 0 aliphatic carbocycles. The molecule has 10 heavy (non-hydrogen) atoms. The molecule has 2 nitrogen and oxygen atoms in total. The van der Waals surface area contributed by atoms with Gasteiger partial charge < -0.3 is 5.32 Å². The van der Waals surface area contributed by atoms with Crippen molar-refractivity contribution in [1.82, 2.24) is 5.32 Å². The van der Waals surface area contributed by atoms with Gasteiger partial charge in [0.2, 0.25) is 0 Å². The van der Waals surface area contributed by atoms with Gasteiger partial charge in [0.1, 0.15) is 0 Å². The SMILES string of the molecule is CCCCCNC(=O)SC. The molecular weight excluding hydrogens is 146 g/mol. The van der Waals surface area contributed by atoms with Crippen molar-refractivity contribution in [1.29, 1.82) is 0 Å². The first kappa shape index (κ1) is 9.82. The van der Waals surface area contributed by atoms with Crippen molar-refractivity contribution in [2.45, 2.75) is 26.2 Å². The topological polar surface area (TPSA) is 29.1 Å². The molecule has 0 aliphatic heterocycles. The quantitative estimate of drug-likeness (QED) is 0.641. The standard InChI is InChI=1S/C7H15NOS/c1-3-4-5-6-8-7(9)10-2/h3-6H2,1-2H3,(H,8,9). The summed E-state index contributed by atoms with van der Waals surface area (Å²) in [6, 6.07) is 0. The zero-order valence-corrected chi connectivity index (χ0v) is 7.46. The van der Waals surface area contributed by atoms with Crippen LogP contribution in [-0.4, -0.2) is 18.0 Å². The molecule has 0 radical (unpaired) electrons. The molecule has 0 aromatic heterocycles. The average Bonchev–Trinajstić information content (AvgIpc) is 1.98. The van der Waals surface area contributed by atoms with Gasteiger partial charge in [-0.3, -0.25) is 4.79 Å². The Morgan fingerprint density at radius 2 is 2.20 bits per heavy atom. The van der Waals surface area contributed by atoms with Crippen LogP contribution in [0.4, 0.5) is 4.79 Å². The highest BCUT2D eigenvalue weighted by atomic mass is 32.2. The van der Waals surface area contributed by atoms with Crippen LogP contribution in [0.15, 0.2) is 0 Å². The smallest absolute Gasteiger partial charge is 0.278 e. The lowest BCUT2D eigenvalue weighted by molar-refractivity contribution is 0.260. The van der Waals surface area contributed by atoms with Crippen LogP contribution in [0, 0.1) is 0 Å². The number of unbranched alkanes of at least 4 members (excludes halogenated alkanes) is 2. The van der Waals surface area contributed by atoms with E-state index in [1.165, 1.54) is 24.6 Å². The number of hydrogen-bond donors (Lipinski definition) is 1. The number of rotatable bonds is 4. The van der Waals surface area contributed by atoms with Crippen LogP contribution in [0.2, 0.25) is 0 Å². The molecule has 0 fully saturated rings. The minimum atomic E-state index is 0.0797. The molecule has 0 bridgehead atoms. The summed E-state index contributed by atoms with van der Waals surface area (Å²) in [5, 5.41) is 2.87. The Hall–Kier alpha value is -0.180. The number of carbonyl (C=O) groups excluding carboxylic acids is 1. The van der Waals surface area contributed by atoms with Gasteiger partial charge in [-0.1, -0.05) is 31.5 Å². The molecule has 0 saturated carbocycles. The molecule has 0 aromatic carbocycles. The predicted octanol–water partition coefficient (Wildman–Crippen LogP) is 2.25. The summed E-state index contributed by atoms with van der Waals surface area (Å²) in [6.07, 6.45) is 5.29. The Kier molecular flexibility index (Phi) is 6.81. The molecule has 0 saturated heterocycles. The Morgan fingerprint density at radius 3 is 2.70 bits per heavy atom. The molecule has 0 heterocycles. The summed E-state index contributed by atoms with van der Waals surface area (Å²) in [5.41, 5.74) is 0. The first-order valence-corrected chi connectivity index (χ1v) is 4.85. The first-order chi connectivity index (χ1) is 4.81. The number of thioether (sulfide) groups is 1. The van der Waals surface area contributed by atoms with Crippen LogP contribution in [0.1, 0.15) is 26.2 Å². The minimum absolute atomic E-state index is 0.0797. The first-order valence-electron chi connectivity index (χ1n) is 3.63. The van der Waals surface area contributed by atoms with Gasteiger partial charge in [0.25, 0.3) is 5.24 Å². The minimum Gasteiger partial charge on any atom is -0.347 e. The van der Waals surface area contributed by atoms with E-state index in [2.05, 4.69) is 12.2 Å². The van der Waals surface area contributed by atoms with E-state index in [0.29, 0.717) is 0 Å². The van der Waals surface area contributed by atoms with Crippen LogP contribution in [0.3, 0.4) is 0 Å². The van der Waals surface area contributed by atoms with Gasteiger partial charge in [-0.2, -0.15) is 0 Å². The Balaban J connectivity index is 2.96. The highest BCUT2D eigenvalue weighted by Crippen LogP contribution is 1.95. The maximum absolute atomic E-state index is 10.6. The van der Waals surface area contributed by atoms with Gasteiger partial charge in [-0.25, -0.2) is 0 Å². The van der Waals surface area contributed by atoms with E-state index in [-0.39, 0.29) is 5.24 Å². The summed E-state index contributed by atoms with van der Waals surface area (Å²) in [5.74, 6) is 0. The van der Waals surface area contributed by atoms with E-state index in [9.17, 15) is 4.79 Å². The van der Waals surface area contributed by atoms with E-state index >= 15 is 0 Å². The predicted molar refractivity (Wildman–Crippen MR) is 46.4 cm³/mol. The fourth-order valence-electron chi connectivity index (χ4n) is 0.638. The molecule has 0 aliphatic rings. The van der Waals surface area contributed by atoms with E-state index in [0.717, 1.165) is 13.0 Å². The number of hydrogen-bond acceptors (Lipinski definition) is 2. The van der Waals surface area contributed by atoms with Crippen molar-refractivity contribution in [3.05, 3.63) is 0 Å². The Labute approximate surface area is 66.8 Å². The molecule has 0 spiro atoms. The summed E-state index contributed by atoms with van der Waals surface area (Å²) < 4.78 is 0. The third-order valence-corrected chi connectivity index (χ3v) is 1.75. The molecule has 60 valence electrons. The highest BCUT2D eigenvalue weighted by molar-refractivity contribution is 8.12. The van der Waals surface area contributed by atoms with Crippen molar-refractivity contribution in [2.75, 3.05) is 12.8 Å². The molecule has 0 unspecified atom stereocenters. The van der Waals surface area contributed by atoms with Gasteiger partial charge in [0.05, 0.1) is 0 Å². The second kappa shape index (κ2) is 6.93. The number of amides is 1. The van der Waals surface area contributed by atoms with Crippen LogP contribution < -0.4 is 5.32 Å². The molecule has 3 heteroatoms. The molecular formula is C7H15NOS. The van der Waals surface area contributed by atoms with Crippen molar-refractivity contribution >= 4 is 17.0 Å². The lowest BCUT2D eigenvalue weighted by Gasteiger charge is -2.00. The summed E-state index contributed by atoms with van der Waals surface area (Å²) in [7, 11) is 0. The van der Waals surface area contributed by atoms with E-state index in [1.54, 1.807) is 6.26 Å². The van der Waals surface area contributed by atoms with Crippen LogP contribution in [-0.2, 0) is 0 Å². The Bertz CT molecular complexity index is 95.6. The van der Waals surface area contributed by atoms with Gasteiger partial charge in [-0.15, -0.1) is 0 Å². The van der Waals surface area contributed by atoms with Crippen molar-refractivity contribution < 1.29 is 4.79 Å². The third-order valence-electron chi connectivity index (χ3n) is 1.24. The summed E-state index contributed by atoms with van der Waals surface area (Å²) >= 11 is 1.23. The molecule has 1 N–H and O–H groups in total. The van der Waals surface area contributed by atoms with Crippen molar-refractivity contribution in [2.24, 2.45) is 0 Å². The van der Waals surface area contributed by atoms with E-state index in [4.69, 9.17) is 0 Å². The van der Waals surface area contributed by atoms with Crippen molar-refractivity contribution in [3.63, 3.8) is 0 Å². The fourth-order valence-corrected chi connectivity index (χ4v) is 0.884. The van der Waals surface area contributed by atoms with Gasteiger partial charge >= 0.3 is 0 Å². The number of nitrogens with one attached hydrogen (secondary N) is 1. The summed E-state index contributed by atoms with van der Waals surface area (Å²) in [6.45, 7) is 2.98. The lowest BCUT2D eigenvalue weighted by atomic mass is 10.2. The second-order valence-electron chi connectivity index (χ2n) is 2.13. The maximum atomic E-state index is 10.6. The van der Waals surface area contributed by atoms with Crippen LogP contribution in [0.25, 0.3) is 0 Å². The maximum Gasteiger partial charge on any atom is 0.278 e. The van der Waals surface area contributed by atoms with E-state index in [1.807, 2.05) is 0 Å². The molecule has 0 aromatic rings. The lowest BCUT2D eigenvalue weighted by Crippen LogP contribution is -2.19. The van der Waals surface area contributed by atoms with Crippen molar-refractivity contribution in [3.8, 4) is 0 Å². The zero-order valence-electron chi connectivity index (χ0n) is 6.64. The third kappa shape index (κ3) is 5.95. The zero-order chi connectivity index (χ0) is 7.82. The fraction of sp³-hybridized carbons (Fsp3) is 0.857. The summed E-state index contributed by atoms with van der Waals surface area (Å²) in [4.78, 5) is 10.6. The molecule has 1 amide bonds. The van der Waals surface area contributed by atoms with E-state index < -0.39 is 0 Å². The van der Waals surface area contributed by atoms with Crippen LogP contribution >= 0.6 is 11.8 Å². The normalized spacial score (nSPS) is 9.40. The molecule has 0 rings (SSSR count). The molecule has 0 atom stereocenters. The second-order valence-corrected chi connectivity index (χ2v) is 2.90. The number of carbonyl (C=O) groups is 1. The van der Waals surface area contributed by atoms with Gasteiger partial charge in [-0.05, 0) is 12.7 Å². The van der Waals surface area contributed by atoms with Crippen LogP contribution in [0.5, 0.6) is 0 Å². The monoisotopic (exact) mass is 161 g/mol. The largest absolute Gasteiger partial charge is 0.347 e. The Morgan fingerprint density at radius 1 is 1.50 bits per heavy atom.